The predicted octanol–water partition coefficient (Wildman–Crippen LogP) is 3.98. The number of aromatic nitrogens is 2. The van der Waals surface area contributed by atoms with Crippen LogP contribution >= 0.6 is 23.8 Å². The maximum absolute atomic E-state index is 9.26. The zero-order chi connectivity index (χ0) is 16.8. The van der Waals surface area contributed by atoms with E-state index in [1.165, 1.54) is 16.9 Å². The van der Waals surface area contributed by atoms with Crippen molar-refractivity contribution in [2.45, 2.75) is 23.0 Å². The largest absolute Gasteiger partial charge is 0.366 e. The van der Waals surface area contributed by atoms with E-state index in [1.807, 2.05) is 18.4 Å². The van der Waals surface area contributed by atoms with E-state index in [0.29, 0.717) is 23.3 Å². The molecule has 3 rings (SSSR count). The molecule has 24 heavy (non-hydrogen) atoms. The van der Waals surface area contributed by atoms with Crippen LogP contribution in [0.1, 0.15) is 18.5 Å². The van der Waals surface area contributed by atoms with Crippen LogP contribution in [0.15, 0.2) is 35.4 Å². The number of thioether (sulfide) groups is 1. The van der Waals surface area contributed by atoms with Gasteiger partial charge in [0.2, 0.25) is 0 Å². The lowest BCUT2D eigenvalue weighted by molar-refractivity contribution is 0.332. The number of benzene rings is 1. The Kier molecular flexibility index (Phi) is 5.96. The molecule has 1 atom stereocenters. The molecule has 0 radical (unpaired) electrons. The van der Waals surface area contributed by atoms with Crippen LogP contribution in [0.25, 0.3) is 11.3 Å². The Morgan fingerprint density at radius 2 is 2.25 bits per heavy atom. The van der Waals surface area contributed by atoms with E-state index in [1.54, 1.807) is 18.0 Å². The topological polar surface area (TPSA) is 70.8 Å². The second kappa shape index (κ2) is 8.38. The zero-order valence-electron chi connectivity index (χ0n) is 13.4. The van der Waals surface area contributed by atoms with Crippen molar-refractivity contribution in [3.8, 4) is 17.3 Å². The van der Waals surface area contributed by atoms with Gasteiger partial charge in [0.15, 0.2) is 11.5 Å². The second-order valence-corrected chi connectivity index (χ2v) is 7.33. The van der Waals surface area contributed by atoms with Gasteiger partial charge >= 0.3 is 0 Å². The fourth-order valence-electron chi connectivity index (χ4n) is 2.40. The van der Waals surface area contributed by atoms with Gasteiger partial charge in [-0.3, -0.25) is 0 Å². The fourth-order valence-corrected chi connectivity index (χ4v) is 3.63. The van der Waals surface area contributed by atoms with E-state index in [9.17, 15) is 5.26 Å². The molecule has 0 aliphatic carbocycles. The summed E-state index contributed by atoms with van der Waals surface area (Å²) in [5.41, 5.74) is 2.07. The number of nitrogens with one attached hydrogen (secondary N) is 1. The molecule has 1 aromatic carbocycles. The van der Waals surface area contributed by atoms with Gasteiger partial charge in [-0.25, -0.2) is 9.97 Å². The maximum Gasteiger partial charge on any atom is 0.183 e. The Labute approximate surface area is 150 Å². The van der Waals surface area contributed by atoms with E-state index >= 15 is 0 Å². The van der Waals surface area contributed by atoms with Crippen molar-refractivity contribution in [3.63, 3.8) is 0 Å². The molecular formula is C17H18N4OS2. The van der Waals surface area contributed by atoms with Gasteiger partial charge < -0.3 is 9.50 Å². The minimum Gasteiger partial charge on any atom is -0.366 e. The van der Waals surface area contributed by atoms with E-state index in [0.717, 1.165) is 30.7 Å². The van der Waals surface area contributed by atoms with Crippen LogP contribution in [0.2, 0.25) is 0 Å². The summed E-state index contributed by atoms with van der Waals surface area (Å²) in [5, 5.41) is 12.9. The number of rotatable bonds is 5. The molecule has 1 unspecified atom stereocenters. The summed E-state index contributed by atoms with van der Waals surface area (Å²) in [4.78, 5) is 10.1. The molecule has 0 spiro atoms. The van der Waals surface area contributed by atoms with Gasteiger partial charge in [0.1, 0.15) is 6.07 Å². The molecule has 1 aliphatic heterocycles. The van der Waals surface area contributed by atoms with Crippen LogP contribution in [-0.2, 0) is 4.18 Å². The highest BCUT2D eigenvalue weighted by atomic mass is 32.2. The summed E-state index contributed by atoms with van der Waals surface area (Å²) in [7, 11) is 0. The quantitative estimate of drug-likeness (QED) is 0.640. The fraction of sp³-hybridized carbons (Fsp3) is 0.353. The van der Waals surface area contributed by atoms with Crippen LogP contribution in [0.4, 0.5) is 5.82 Å². The smallest absolute Gasteiger partial charge is 0.183 e. The minimum atomic E-state index is 0.321. The molecule has 2 heterocycles. The molecule has 2 aromatic rings. The highest BCUT2D eigenvalue weighted by molar-refractivity contribution is 7.98. The third kappa shape index (κ3) is 4.20. The third-order valence-corrected chi connectivity index (χ3v) is 5.44. The normalized spacial score (nSPS) is 17.2. The van der Waals surface area contributed by atoms with Crippen molar-refractivity contribution < 1.29 is 4.18 Å². The average molecular weight is 358 g/mol. The summed E-state index contributed by atoms with van der Waals surface area (Å²) in [6.07, 6.45) is 5.86. The van der Waals surface area contributed by atoms with E-state index in [-0.39, 0.29) is 0 Å². The van der Waals surface area contributed by atoms with Crippen molar-refractivity contribution in [2.75, 3.05) is 24.7 Å². The van der Waals surface area contributed by atoms with Gasteiger partial charge in [-0.15, -0.1) is 11.8 Å². The monoisotopic (exact) mass is 358 g/mol. The molecular weight excluding hydrogens is 340 g/mol. The Balaban J connectivity index is 1.77. The number of nitrogens with zero attached hydrogens (tertiary/aromatic N) is 3. The number of hydrogen-bond donors (Lipinski definition) is 1. The Bertz CT molecular complexity index is 724. The van der Waals surface area contributed by atoms with Gasteiger partial charge in [0, 0.05) is 22.3 Å². The summed E-state index contributed by atoms with van der Waals surface area (Å²) >= 11 is 3.20. The molecule has 1 aliphatic rings. The minimum absolute atomic E-state index is 0.321. The summed E-state index contributed by atoms with van der Waals surface area (Å²) in [6, 6.07) is 10.3. The highest BCUT2D eigenvalue weighted by Gasteiger charge is 2.16. The van der Waals surface area contributed by atoms with Crippen LogP contribution in [0, 0.1) is 11.3 Å². The van der Waals surface area contributed by atoms with E-state index in [2.05, 4.69) is 33.5 Å². The lowest BCUT2D eigenvalue weighted by Gasteiger charge is -2.21. The molecule has 0 amide bonds. The van der Waals surface area contributed by atoms with Crippen molar-refractivity contribution in [1.29, 1.82) is 5.26 Å². The van der Waals surface area contributed by atoms with Gasteiger partial charge in [-0.1, -0.05) is 12.1 Å². The number of anilines is 1. The molecule has 0 bridgehead atoms. The van der Waals surface area contributed by atoms with E-state index < -0.39 is 0 Å². The van der Waals surface area contributed by atoms with Crippen LogP contribution < -0.4 is 5.32 Å². The summed E-state index contributed by atoms with van der Waals surface area (Å²) in [6.45, 7) is 1.52. The van der Waals surface area contributed by atoms with Crippen molar-refractivity contribution in [2.24, 2.45) is 0 Å². The predicted molar refractivity (Wildman–Crippen MR) is 99.0 cm³/mol. The maximum atomic E-state index is 9.26. The lowest BCUT2D eigenvalue weighted by Crippen LogP contribution is -2.21. The molecule has 1 N–H and O–H groups in total. The second-order valence-electron chi connectivity index (χ2n) is 5.36. The third-order valence-electron chi connectivity index (χ3n) is 3.72. The molecule has 1 saturated heterocycles. The van der Waals surface area contributed by atoms with Gasteiger partial charge in [0.25, 0.3) is 0 Å². The van der Waals surface area contributed by atoms with E-state index in [4.69, 9.17) is 4.18 Å². The first-order valence-electron chi connectivity index (χ1n) is 7.74. The van der Waals surface area contributed by atoms with Crippen molar-refractivity contribution in [1.82, 2.24) is 9.97 Å². The first-order chi connectivity index (χ1) is 11.8. The molecule has 0 saturated carbocycles. The van der Waals surface area contributed by atoms with Crippen LogP contribution in [0.5, 0.6) is 0 Å². The Hall–Kier alpha value is -1.75. The first-order valence-corrected chi connectivity index (χ1v) is 9.77. The molecule has 5 nitrogen and oxygen atoms in total. The Morgan fingerprint density at radius 3 is 2.92 bits per heavy atom. The first kappa shape index (κ1) is 17.1. The zero-order valence-corrected chi connectivity index (χ0v) is 15.0. The van der Waals surface area contributed by atoms with Crippen LogP contribution in [-0.4, -0.2) is 34.6 Å². The average Bonchev–Trinajstić information content (AvgIpc) is 2.67. The van der Waals surface area contributed by atoms with Crippen molar-refractivity contribution in [3.05, 3.63) is 36.2 Å². The van der Waals surface area contributed by atoms with Gasteiger partial charge in [0.05, 0.1) is 18.5 Å². The number of hydrogen-bond acceptors (Lipinski definition) is 7. The summed E-state index contributed by atoms with van der Waals surface area (Å²) in [5.74, 6) is 0.537. The van der Waals surface area contributed by atoms with Crippen molar-refractivity contribution >= 4 is 29.6 Å². The number of nitriles is 1. The standard InChI is InChI=1S/C17H18N4OS2/c1-23-13-6-4-12(5-7-13)16-11-19-15(9-18)17(21-16)20-10-14-3-2-8-22-24-14/h4-7,11,14H,2-3,8,10H2,1H3,(H,20,21). The molecule has 1 fully saturated rings. The van der Waals surface area contributed by atoms with Gasteiger partial charge in [-0.2, -0.15) is 5.26 Å². The van der Waals surface area contributed by atoms with Gasteiger partial charge in [-0.05, 0) is 43.3 Å². The molecule has 124 valence electrons. The Morgan fingerprint density at radius 1 is 1.42 bits per heavy atom. The molecule has 7 heteroatoms. The molecule has 1 aromatic heterocycles. The SMILES string of the molecule is CSc1ccc(-c2cnc(C#N)c(NCC3CCCOS3)n2)cc1. The summed E-state index contributed by atoms with van der Waals surface area (Å²) < 4.78 is 5.42. The lowest BCUT2D eigenvalue weighted by atomic mass is 10.1. The van der Waals surface area contributed by atoms with Crippen LogP contribution in [0.3, 0.4) is 0 Å². The highest BCUT2D eigenvalue weighted by Crippen LogP contribution is 2.26.